The molecule has 1 amide bonds. The van der Waals surface area contributed by atoms with Crippen LogP contribution in [0.2, 0.25) is 0 Å². The van der Waals surface area contributed by atoms with E-state index in [9.17, 15) is 13.2 Å². The molecule has 6 nitrogen and oxygen atoms in total. The average molecular weight is 437 g/mol. The van der Waals surface area contributed by atoms with Crippen LogP contribution in [-0.2, 0) is 14.8 Å². The van der Waals surface area contributed by atoms with E-state index in [1.165, 1.54) is 21.2 Å². The Kier molecular flexibility index (Phi) is 6.97. The minimum Gasteiger partial charge on any atom is -0.492 e. The number of carbonyl (C=O) groups is 1. The van der Waals surface area contributed by atoms with Crippen molar-refractivity contribution in [2.45, 2.75) is 30.9 Å². The summed E-state index contributed by atoms with van der Waals surface area (Å²) in [5.74, 6) is 0.432. The normalized spacial score (nSPS) is 17.8. The predicted molar refractivity (Wildman–Crippen MR) is 115 cm³/mol. The van der Waals surface area contributed by atoms with Gasteiger partial charge >= 0.3 is 0 Å². The first-order chi connectivity index (χ1) is 13.8. The largest absolute Gasteiger partial charge is 0.492 e. The van der Waals surface area contributed by atoms with Gasteiger partial charge in [0.1, 0.15) is 16.6 Å². The molecule has 1 atom stereocenters. The van der Waals surface area contributed by atoms with Gasteiger partial charge in [-0.1, -0.05) is 17.7 Å². The highest BCUT2D eigenvalue weighted by Crippen LogP contribution is 2.28. The molecular formula is C21H28N2O4S2. The number of ether oxygens (including phenoxy) is 1. The van der Waals surface area contributed by atoms with Gasteiger partial charge in [0.05, 0.1) is 12.5 Å². The summed E-state index contributed by atoms with van der Waals surface area (Å²) >= 11 is 1.27. The number of sulfonamides is 1. The van der Waals surface area contributed by atoms with Gasteiger partial charge in [0.25, 0.3) is 10.0 Å². The molecule has 0 N–H and O–H groups in total. The molecule has 1 aromatic carbocycles. The zero-order valence-corrected chi connectivity index (χ0v) is 18.8. The molecule has 3 rings (SSSR count). The average Bonchev–Trinajstić information content (AvgIpc) is 3.16. The fourth-order valence-electron chi connectivity index (χ4n) is 3.40. The highest BCUT2D eigenvalue weighted by Gasteiger charge is 2.35. The Morgan fingerprint density at radius 3 is 2.59 bits per heavy atom. The molecule has 0 aliphatic carbocycles. The van der Waals surface area contributed by atoms with Crippen LogP contribution >= 0.6 is 11.3 Å². The lowest BCUT2D eigenvalue weighted by Gasteiger charge is -2.33. The van der Waals surface area contributed by atoms with Gasteiger partial charge in [-0.3, -0.25) is 4.79 Å². The van der Waals surface area contributed by atoms with Gasteiger partial charge < -0.3 is 9.64 Å². The molecule has 0 bridgehead atoms. The van der Waals surface area contributed by atoms with Crippen molar-refractivity contribution in [1.29, 1.82) is 0 Å². The first-order valence-electron chi connectivity index (χ1n) is 9.78. The number of hydrogen-bond donors (Lipinski definition) is 0. The number of aryl methyl sites for hydroxylation is 2. The molecule has 29 heavy (non-hydrogen) atoms. The van der Waals surface area contributed by atoms with Crippen molar-refractivity contribution >= 4 is 27.3 Å². The van der Waals surface area contributed by atoms with Gasteiger partial charge in [0, 0.05) is 25.0 Å². The summed E-state index contributed by atoms with van der Waals surface area (Å²) in [4.78, 5) is 15.5. The van der Waals surface area contributed by atoms with Crippen molar-refractivity contribution in [3.8, 4) is 5.75 Å². The third-order valence-corrected chi connectivity index (χ3v) is 8.47. The number of benzene rings is 1. The van der Waals surface area contributed by atoms with Crippen LogP contribution in [0.15, 0.2) is 40.6 Å². The van der Waals surface area contributed by atoms with E-state index in [2.05, 4.69) is 0 Å². The number of hydrogen-bond acceptors (Lipinski definition) is 5. The van der Waals surface area contributed by atoms with Crippen LogP contribution in [0.1, 0.15) is 23.3 Å². The van der Waals surface area contributed by atoms with Crippen LogP contribution < -0.4 is 4.74 Å². The maximum Gasteiger partial charge on any atom is 0.252 e. The van der Waals surface area contributed by atoms with E-state index < -0.39 is 10.0 Å². The number of carbonyl (C=O) groups excluding carboxylic acids is 1. The Balaban J connectivity index is 1.55. The lowest BCUT2D eigenvalue weighted by atomic mass is 9.98. The number of nitrogens with zero attached hydrogens (tertiary/aromatic N) is 2. The second-order valence-electron chi connectivity index (χ2n) is 7.49. The molecular weight excluding hydrogens is 408 g/mol. The second kappa shape index (κ2) is 9.28. The minimum absolute atomic E-state index is 0.0280. The summed E-state index contributed by atoms with van der Waals surface area (Å²) in [6.07, 6.45) is 1.39. The maximum absolute atomic E-state index is 12.9. The summed E-state index contributed by atoms with van der Waals surface area (Å²) in [7, 11) is -1.79. The fourth-order valence-corrected chi connectivity index (χ4v) is 6.36. The molecule has 158 valence electrons. The van der Waals surface area contributed by atoms with Crippen LogP contribution in [0.5, 0.6) is 5.75 Å². The zero-order chi connectivity index (χ0) is 21.0. The van der Waals surface area contributed by atoms with E-state index in [1.807, 2.05) is 44.2 Å². The Labute approximate surface area is 177 Å². The van der Waals surface area contributed by atoms with Crippen LogP contribution in [0.3, 0.4) is 0 Å². The molecule has 8 heteroatoms. The second-order valence-corrected chi connectivity index (χ2v) is 10.9. The standard InChI is InChI=1S/C21H28N2O4S2/c1-16-6-9-19(10-7-16)27-14-13-22(3)21(24)18-5-4-12-23(15-18)29(25,26)20-11-8-17(2)28-20/h6-11,18H,4-5,12-15H2,1-3H3. The van der Waals surface area contributed by atoms with Gasteiger partial charge in [0.15, 0.2) is 0 Å². The van der Waals surface area contributed by atoms with Crippen molar-refractivity contribution in [2.75, 3.05) is 33.3 Å². The summed E-state index contributed by atoms with van der Waals surface area (Å²) in [5, 5.41) is 0. The molecule has 1 unspecified atom stereocenters. The summed E-state index contributed by atoms with van der Waals surface area (Å²) in [6.45, 7) is 5.46. The number of piperidine rings is 1. The van der Waals surface area contributed by atoms with Gasteiger partial charge in [-0.25, -0.2) is 8.42 Å². The van der Waals surface area contributed by atoms with Crippen LogP contribution in [-0.4, -0.2) is 56.8 Å². The highest BCUT2D eigenvalue weighted by molar-refractivity contribution is 7.91. The van der Waals surface area contributed by atoms with E-state index in [-0.39, 0.29) is 18.4 Å². The lowest BCUT2D eigenvalue weighted by molar-refractivity contribution is -0.135. The lowest BCUT2D eigenvalue weighted by Crippen LogP contribution is -2.46. The number of thiophene rings is 1. The van der Waals surface area contributed by atoms with Crippen molar-refractivity contribution < 1.29 is 17.9 Å². The summed E-state index contributed by atoms with van der Waals surface area (Å²) in [6, 6.07) is 11.2. The van der Waals surface area contributed by atoms with Crippen molar-refractivity contribution in [3.63, 3.8) is 0 Å². The first kappa shape index (κ1) is 21.8. The Morgan fingerprint density at radius 1 is 1.21 bits per heavy atom. The first-order valence-corrected chi connectivity index (χ1v) is 12.0. The third-order valence-electron chi connectivity index (χ3n) is 5.14. The topological polar surface area (TPSA) is 66.9 Å². The molecule has 2 aromatic rings. The highest BCUT2D eigenvalue weighted by atomic mass is 32.2. The van der Waals surface area contributed by atoms with Crippen molar-refractivity contribution in [2.24, 2.45) is 5.92 Å². The molecule has 0 saturated carbocycles. The molecule has 0 spiro atoms. The number of amides is 1. The van der Waals surface area contributed by atoms with E-state index >= 15 is 0 Å². The van der Waals surface area contributed by atoms with Gasteiger partial charge in [-0.05, 0) is 51.0 Å². The summed E-state index contributed by atoms with van der Waals surface area (Å²) < 4.78 is 33.3. The predicted octanol–water partition coefficient (Wildman–Crippen LogP) is 3.30. The zero-order valence-electron chi connectivity index (χ0n) is 17.1. The van der Waals surface area contributed by atoms with E-state index in [0.29, 0.717) is 36.7 Å². The SMILES string of the molecule is Cc1ccc(OCCN(C)C(=O)C2CCCN(S(=O)(=O)c3ccc(C)s3)C2)cc1. The Bertz CT molecular complexity index is 938. The smallest absolute Gasteiger partial charge is 0.252 e. The van der Waals surface area contributed by atoms with Crippen LogP contribution in [0.4, 0.5) is 0 Å². The molecule has 1 aromatic heterocycles. The maximum atomic E-state index is 12.9. The number of rotatable bonds is 7. The fraction of sp³-hybridized carbons (Fsp3) is 0.476. The molecule has 1 fully saturated rings. The van der Waals surface area contributed by atoms with Crippen LogP contribution in [0.25, 0.3) is 0 Å². The van der Waals surface area contributed by atoms with Gasteiger partial charge in [-0.2, -0.15) is 4.31 Å². The summed E-state index contributed by atoms with van der Waals surface area (Å²) in [5.41, 5.74) is 1.17. The Morgan fingerprint density at radius 2 is 1.93 bits per heavy atom. The van der Waals surface area contributed by atoms with E-state index in [0.717, 1.165) is 10.6 Å². The monoisotopic (exact) mass is 436 g/mol. The van der Waals surface area contributed by atoms with E-state index in [4.69, 9.17) is 4.74 Å². The van der Waals surface area contributed by atoms with E-state index in [1.54, 1.807) is 18.0 Å². The Hall–Kier alpha value is -1.90. The molecule has 1 aliphatic rings. The van der Waals surface area contributed by atoms with Crippen LogP contribution in [0, 0.1) is 19.8 Å². The molecule has 1 saturated heterocycles. The van der Waals surface area contributed by atoms with Gasteiger partial charge in [-0.15, -0.1) is 11.3 Å². The van der Waals surface area contributed by atoms with Crippen molar-refractivity contribution in [1.82, 2.24) is 9.21 Å². The van der Waals surface area contributed by atoms with Crippen molar-refractivity contribution in [3.05, 3.63) is 46.8 Å². The number of likely N-dealkylation sites (N-methyl/N-ethyl adjacent to an activating group) is 1. The quantitative estimate of drug-likeness (QED) is 0.668. The van der Waals surface area contributed by atoms with Gasteiger partial charge in [0.2, 0.25) is 5.91 Å². The minimum atomic E-state index is -3.53. The molecule has 2 heterocycles. The molecule has 0 radical (unpaired) electrons. The molecule has 1 aliphatic heterocycles. The third kappa shape index (κ3) is 5.38.